The van der Waals surface area contributed by atoms with Gasteiger partial charge in [-0.25, -0.2) is 14.6 Å². The molecule has 0 saturated carbocycles. The molecule has 7 nitrogen and oxygen atoms in total. The molecular formula is C12H18N4O3S. The number of rotatable bonds is 3. The molecule has 1 aromatic heterocycles. The lowest BCUT2D eigenvalue weighted by atomic mass is 10.1. The standard InChI is InChI=1S/C12H18N4O3S/c1-19-12(18)16-4-2-3-9(6-16)15-11(17)13-5-10-7-20-8-14-10/h7-9H,2-6H2,1H3,(H2,13,15,17)/t9-/m0/s1. The quantitative estimate of drug-likeness (QED) is 0.877. The van der Waals surface area contributed by atoms with Gasteiger partial charge in [0.05, 0.1) is 24.9 Å². The lowest BCUT2D eigenvalue weighted by Crippen LogP contribution is -2.51. The largest absolute Gasteiger partial charge is 0.453 e. The Morgan fingerprint density at radius 1 is 1.60 bits per heavy atom. The molecule has 2 heterocycles. The van der Waals surface area contributed by atoms with Crippen LogP contribution in [0.25, 0.3) is 0 Å². The molecule has 0 bridgehead atoms. The second-order valence-corrected chi connectivity index (χ2v) is 5.28. The van der Waals surface area contributed by atoms with Crippen molar-refractivity contribution >= 4 is 23.5 Å². The van der Waals surface area contributed by atoms with Gasteiger partial charge < -0.3 is 20.3 Å². The molecule has 0 unspecified atom stereocenters. The Bertz CT molecular complexity index is 452. The van der Waals surface area contributed by atoms with Gasteiger partial charge in [-0.1, -0.05) is 0 Å². The van der Waals surface area contributed by atoms with E-state index < -0.39 is 0 Å². The molecule has 0 radical (unpaired) electrons. The molecule has 110 valence electrons. The summed E-state index contributed by atoms with van der Waals surface area (Å²) >= 11 is 1.49. The number of likely N-dealkylation sites (tertiary alicyclic amines) is 1. The molecular weight excluding hydrogens is 280 g/mol. The number of methoxy groups -OCH3 is 1. The number of thiazole rings is 1. The van der Waals surface area contributed by atoms with E-state index >= 15 is 0 Å². The summed E-state index contributed by atoms with van der Waals surface area (Å²) in [6.45, 7) is 1.56. The van der Waals surface area contributed by atoms with Crippen molar-refractivity contribution in [2.45, 2.75) is 25.4 Å². The van der Waals surface area contributed by atoms with Crippen molar-refractivity contribution in [3.63, 3.8) is 0 Å². The number of piperidine rings is 1. The molecule has 0 aromatic carbocycles. The highest BCUT2D eigenvalue weighted by atomic mass is 32.1. The summed E-state index contributed by atoms with van der Waals surface area (Å²) in [5.74, 6) is 0. The van der Waals surface area contributed by atoms with Crippen LogP contribution >= 0.6 is 11.3 Å². The first-order chi connectivity index (χ1) is 9.69. The lowest BCUT2D eigenvalue weighted by Gasteiger charge is -2.32. The van der Waals surface area contributed by atoms with Crippen LogP contribution in [0.2, 0.25) is 0 Å². The number of hydrogen-bond acceptors (Lipinski definition) is 5. The number of carbonyl (C=O) groups excluding carboxylic acids is 2. The van der Waals surface area contributed by atoms with Crippen LogP contribution in [0.15, 0.2) is 10.9 Å². The van der Waals surface area contributed by atoms with E-state index in [1.54, 1.807) is 10.4 Å². The molecule has 8 heteroatoms. The number of ether oxygens (including phenoxy) is 1. The summed E-state index contributed by atoms with van der Waals surface area (Å²) in [5, 5.41) is 7.50. The average Bonchev–Trinajstić information content (AvgIpc) is 2.98. The third-order valence-electron chi connectivity index (χ3n) is 3.10. The molecule has 2 N–H and O–H groups in total. The van der Waals surface area contributed by atoms with E-state index in [1.807, 2.05) is 5.38 Å². The topological polar surface area (TPSA) is 83.6 Å². The normalized spacial score (nSPS) is 18.4. The lowest BCUT2D eigenvalue weighted by molar-refractivity contribution is 0.108. The first-order valence-electron chi connectivity index (χ1n) is 6.43. The third kappa shape index (κ3) is 4.09. The fraction of sp³-hybridized carbons (Fsp3) is 0.583. The number of urea groups is 1. The Balaban J connectivity index is 1.74. The minimum absolute atomic E-state index is 0.0433. The molecule has 0 aliphatic carbocycles. The maximum Gasteiger partial charge on any atom is 0.409 e. The molecule has 1 aliphatic rings. The summed E-state index contributed by atoms with van der Waals surface area (Å²) in [7, 11) is 1.36. The van der Waals surface area contributed by atoms with E-state index in [4.69, 9.17) is 4.74 Å². The van der Waals surface area contributed by atoms with E-state index in [9.17, 15) is 9.59 Å². The smallest absolute Gasteiger partial charge is 0.409 e. The predicted molar refractivity (Wildman–Crippen MR) is 74.5 cm³/mol. The van der Waals surface area contributed by atoms with Gasteiger partial charge >= 0.3 is 12.1 Å². The Kier molecular flexibility index (Phi) is 5.16. The minimum Gasteiger partial charge on any atom is -0.453 e. The van der Waals surface area contributed by atoms with Crippen LogP contribution in [0.1, 0.15) is 18.5 Å². The summed E-state index contributed by atoms with van der Waals surface area (Å²) < 4.78 is 4.69. The highest BCUT2D eigenvalue weighted by Crippen LogP contribution is 2.11. The highest BCUT2D eigenvalue weighted by Gasteiger charge is 2.25. The van der Waals surface area contributed by atoms with E-state index in [0.717, 1.165) is 18.5 Å². The molecule has 1 aliphatic heterocycles. The van der Waals surface area contributed by atoms with E-state index in [2.05, 4.69) is 15.6 Å². The summed E-state index contributed by atoms with van der Waals surface area (Å²) in [5.41, 5.74) is 2.56. The molecule has 3 amide bonds. The number of hydrogen-bond donors (Lipinski definition) is 2. The SMILES string of the molecule is COC(=O)N1CCC[C@H](NC(=O)NCc2cscn2)C1. The van der Waals surface area contributed by atoms with Crippen LogP contribution in [0.3, 0.4) is 0 Å². The van der Waals surface area contributed by atoms with Crippen LogP contribution in [-0.2, 0) is 11.3 Å². The Hall–Kier alpha value is -1.83. The highest BCUT2D eigenvalue weighted by molar-refractivity contribution is 7.07. The van der Waals surface area contributed by atoms with Gasteiger partial charge in [-0.15, -0.1) is 11.3 Å². The molecule has 0 spiro atoms. The molecule has 1 fully saturated rings. The van der Waals surface area contributed by atoms with Gasteiger partial charge in [0.15, 0.2) is 0 Å². The Labute approximate surface area is 121 Å². The molecule has 1 aromatic rings. The van der Waals surface area contributed by atoms with Gasteiger partial charge in [-0.3, -0.25) is 0 Å². The van der Waals surface area contributed by atoms with Gasteiger partial charge in [-0.2, -0.15) is 0 Å². The first kappa shape index (κ1) is 14.6. The van der Waals surface area contributed by atoms with E-state index in [0.29, 0.717) is 19.6 Å². The maximum atomic E-state index is 11.8. The third-order valence-corrected chi connectivity index (χ3v) is 3.74. The summed E-state index contributed by atoms with van der Waals surface area (Å²) in [6.07, 6.45) is 1.36. The monoisotopic (exact) mass is 298 g/mol. The van der Waals surface area contributed by atoms with Gasteiger partial charge in [0.1, 0.15) is 0 Å². The second-order valence-electron chi connectivity index (χ2n) is 4.56. The van der Waals surface area contributed by atoms with Crippen LogP contribution in [0.5, 0.6) is 0 Å². The van der Waals surface area contributed by atoms with E-state index in [1.165, 1.54) is 18.4 Å². The molecule has 2 rings (SSSR count). The molecule has 1 atom stereocenters. The van der Waals surface area contributed by atoms with Crippen molar-refractivity contribution in [1.82, 2.24) is 20.5 Å². The van der Waals surface area contributed by atoms with Crippen molar-refractivity contribution in [2.24, 2.45) is 0 Å². The second kappa shape index (κ2) is 7.09. The van der Waals surface area contributed by atoms with Crippen molar-refractivity contribution in [3.05, 3.63) is 16.6 Å². The number of nitrogens with one attached hydrogen (secondary N) is 2. The van der Waals surface area contributed by atoms with Crippen LogP contribution < -0.4 is 10.6 Å². The number of aromatic nitrogens is 1. The zero-order valence-corrected chi connectivity index (χ0v) is 12.1. The van der Waals surface area contributed by atoms with Crippen LogP contribution in [0, 0.1) is 0 Å². The van der Waals surface area contributed by atoms with E-state index in [-0.39, 0.29) is 18.2 Å². The van der Waals surface area contributed by atoms with Crippen molar-refractivity contribution in [3.8, 4) is 0 Å². The fourth-order valence-corrected chi connectivity index (χ4v) is 2.68. The van der Waals surface area contributed by atoms with Gasteiger partial charge in [-0.05, 0) is 12.8 Å². The number of amides is 3. The van der Waals surface area contributed by atoms with Gasteiger partial charge in [0, 0.05) is 24.5 Å². The van der Waals surface area contributed by atoms with Crippen molar-refractivity contribution < 1.29 is 14.3 Å². The molecule has 1 saturated heterocycles. The average molecular weight is 298 g/mol. The van der Waals surface area contributed by atoms with Crippen molar-refractivity contribution in [1.29, 1.82) is 0 Å². The van der Waals surface area contributed by atoms with Crippen LogP contribution in [-0.4, -0.2) is 48.2 Å². The Morgan fingerprint density at radius 2 is 2.45 bits per heavy atom. The zero-order valence-electron chi connectivity index (χ0n) is 11.3. The van der Waals surface area contributed by atoms with Gasteiger partial charge in [0.2, 0.25) is 0 Å². The number of carbonyl (C=O) groups is 2. The zero-order chi connectivity index (χ0) is 14.4. The molecule has 20 heavy (non-hydrogen) atoms. The first-order valence-corrected chi connectivity index (χ1v) is 7.37. The predicted octanol–water partition coefficient (Wildman–Crippen LogP) is 1.17. The summed E-state index contributed by atoms with van der Waals surface area (Å²) in [6, 6.07) is -0.284. The minimum atomic E-state index is -0.348. The van der Waals surface area contributed by atoms with Crippen LogP contribution in [0.4, 0.5) is 9.59 Å². The maximum absolute atomic E-state index is 11.8. The fourth-order valence-electron chi connectivity index (χ4n) is 2.12. The summed E-state index contributed by atoms with van der Waals surface area (Å²) in [4.78, 5) is 28.9. The van der Waals surface area contributed by atoms with Gasteiger partial charge in [0.25, 0.3) is 0 Å². The number of nitrogens with zero attached hydrogens (tertiary/aromatic N) is 2. The Morgan fingerprint density at radius 3 is 3.15 bits per heavy atom. The van der Waals surface area contributed by atoms with Crippen molar-refractivity contribution in [2.75, 3.05) is 20.2 Å².